The maximum Gasteiger partial charge on any atom is 0.133 e. The molecule has 1 heterocycles. The van der Waals surface area contributed by atoms with E-state index in [-0.39, 0.29) is 17.4 Å². The van der Waals surface area contributed by atoms with Crippen LogP contribution in [0, 0.1) is 18.6 Å². The van der Waals surface area contributed by atoms with Gasteiger partial charge in [0.25, 0.3) is 0 Å². The summed E-state index contributed by atoms with van der Waals surface area (Å²) in [6.07, 6.45) is 0.720. The number of nitrogens with one attached hydrogen (secondary N) is 1. The first-order valence-electron chi connectivity index (χ1n) is 6.54. The molecule has 1 aliphatic heterocycles. The zero-order valence-electron chi connectivity index (χ0n) is 11.0. The van der Waals surface area contributed by atoms with Crippen LogP contribution in [-0.4, -0.2) is 31.1 Å². The van der Waals surface area contributed by atoms with E-state index in [1.165, 1.54) is 12.1 Å². The SMILES string of the molecule is CC[C@@H](c1c(F)ccc(C)c1F)N1CCNCC1. The number of nitrogens with zero attached hydrogens (tertiary/aromatic N) is 1. The molecule has 18 heavy (non-hydrogen) atoms. The van der Waals surface area contributed by atoms with Crippen LogP contribution in [-0.2, 0) is 0 Å². The van der Waals surface area contributed by atoms with E-state index >= 15 is 0 Å². The predicted octanol–water partition coefficient (Wildman–Crippen LogP) is 2.63. The van der Waals surface area contributed by atoms with Crippen molar-refractivity contribution in [2.24, 2.45) is 0 Å². The van der Waals surface area contributed by atoms with Gasteiger partial charge in [-0.1, -0.05) is 13.0 Å². The van der Waals surface area contributed by atoms with Crippen molar-refractivity contribution in [1.82, 2.24) is 10.2 Å². The minimum Gasteiger partial charge on any atom is -0.314 e. The van der Waals surface area contributed by atoms with Crippen molar-refractivity contribution >= 4 is 0 Å². The number of benzene rings is 1. The Labute approximate surface area is 107 Å². The molecular weight excluding hydrogens is 234 g/mol. The van der Waals surface area contributed by atoms with Gasteiger partial charge in [0.05, 0.1) is 0 Å². The van der Waals surface area contributed by atoms with E-state index in [1.807, 2.05) is 6.92 Å². The van der Waals surface area contributed by atoms with Gasteiger partial charge in [0.2, 0.25) is 0 Å². The maximum absolute atomic E-state index is 14.2. The number of hydrogen-bond donors (Lipinski definition) is 1. The third-order valence-electron chi connectivity index (χ3n) is 3.63. The first kappa shape index (κ1) is 13.4. The third kappa shape index (κ3) is 2.54. The molecule has 0 aliphatic carbocycles. The van der Waals surface area contributed by atoms with Crippen LogP contribution in [0.4, 0.5) is 8.78 Å². The van der Waals surface area contributed by atoms with Crippen LogP contribution in [0.2, 0.25) is 0 Å². The topological polar surface area (TPSA) is 15.3 Å². The number of piperazine rings is 1. The molecule has 1 aromatic rings. The molecule has 1 N–H and O–H groups in total. The summed E-state index contributed by atoms with van der Waals surface area (Å²) in [6.45, 7) is 7.10. The Balaban J connectivity index is 2.34. The highest BCUT2D eigenvalue weighted by atomic mass is 19.1. The molecule has 1 aliphatic rings. The van der Waals surface area contributed by atoms with Crippen LogP contribution in [0.25, 0.3) is 0 Å². The van der Waals surface area contributed by atoms with Crippen LogP contribution in [0.5, 0.6) is 0 Å². The van der Waals surface area contributed by atoms with Crippen LogP contribution in [0.3, 0.4) is 0 Å². The highest BCUT2D eigenvalue weighted by Gasteiger charge is 2.26. The Kier molecular flexibility index (Phi) is 4.30. The van der Waals surface area contributed by atoms with Crippen LogP contribution in [0.15, 0.2) is 12.1 Å². The van der Waals surface area contributed by atoms with Crippen molar-refractivity contribution in [2.75, 3.05) is 26.2 Å². The highest BCUT2D eigenvalue weighted by Crippen LogP contribution is 2.30. The fraction of sp³-hybridized carbons (Fsp3) is 0.571. The largest absolute Gasteiger partial charge is 0.314 e. The molecule has 100 valence electrons. The lowest BCUT2D eigenvalue weighted by Crippen LogP contribution is -2.45. The van der Waals surface area contributed by atoms with E-state index in [2.05, 4.69) is 10.2 Å². The van der Waals surface area contributed by atoms with Gasteiger partial charge in [0, 0.05) is 37.8 Å². The molecule has 0 amide bonds. The van der Waals surface area contributed by atoms with Crippen molar-refractivity contribution in [3.8, 4) is 0 Å². The molecule has 4 heteroatoms. The lowest BCUT2D eigenvalue weighted by atomic mass is 9.98. The van der Waals surface area contributed by atoms with Crippen molar-refractivity contribution in [3.05, 3.63) is 34.9 Å². The molecule has 0 spiro atoms. The zero-order chi connectivity index (χ0) is 13.1. The van der Waals surface area contributed by atoms with Gasteiger partial charge < -0.3 is 5.32 Å². The van der Waals surface area contributed by atoms with Crippen molar-refractivity contribution in [3.63, 3.8) is 0 Å². The summed E-state index contributed by atoms with van der Waals surface area (Å²) in [5.41, 5.74) is 0.749. The molecule has 2 nitrogen and oxygen atoms in total. The number of rotatable bonds is 3. The van der Waals surface area contributed by atoms with Gasteiger partial charge in [-0.3, -0.25) is 4.90 Å². The molecule has 1 aromatic carbocycles. The third-order valence-corrected chi connectivity index (χ3v) is 3.63. The second-order valence-corrected chi connectivity index (χ2v) is 4.80. The molecule has 0 radical (unpaired) electrons. The molecular formula is C14H20F2N2. The normalized spacial score (nSPS) is 18.9. The smallest absolute Gasteiger partial charge is 0.133 e. The van der Waals surface area contributed by atoms with Crippen LogP contribution >= 0.6 is 0 Å². The second-order valence-electron chi connectivity index (χ2n) is 4.80. The van der Waals surface area contributed by atoms with E-state index in [9.17, 15) is 8.78 Å². The molecule has 1 saturated heterocycles. The summed E-state index contributed by atoms with van der Waals surface area (Å²) >= 11 is 0. The molecule has 2 rings (SSSR count). The van der Waals surface area contributed by atoms with E-state index in [0.717, 1.165) is 32.6 Å². The maximum atomic E-state index is 14.2. The standard InChI is InChI=1S/C14H20F2N2/c1-3-12(18-8-6-17-7-9-18)13-11(15)5-4-10(2)14(13)16/h4-5,12,17H,3,6-9H2,1-2H3/t12-/m0/s1. The zero-order valence-corrected chi connectivity index (χ0v) is 11.0. The van der Waals surface area contributed by atoms with Crippen LogP contribution < -0.4 is 5.32 Å². The summed E-state index contributed by atoms with van der Waals surface area (Å²) < 4.78 is 28.1. The van der Waals surface area contributed by atoms with Crippen molar-refractivity contribution in [2.45, 2.75) is 26.3 Å². The minimum atomic E-state index is -0.427. The number of hydrogen-bond acceptors (Lipinski definition) is 2. The summed E-state index contributed by atoms with van der Waals surface area (Å²) in [6, 6.07) is 2.71. The Morgan fingerprint density at radius 3 is 2.56 bits per heavy atom. The fourth-order valence-electron chi connectivity index (χ4n) is 2.62. The van der Waals surface area contributed by atoms with Crippen molar-refractivity contribution in [1.29, 1.82) is 0 Å². The monoisotopic (exact) mass is 254 g/mol. The van der Waals surface area contributed by atoms with Crippen molar-refractivity contribution < 1.29 is 8.78 Å². The first-order chi connectivity index (χ1) is 8.65. The lowest BCUT2D eigenvalue weighted by molar-refractivity contribution is 0.162. The highest BCUT2D eigenvalue weighted by molar-refractivity contribution is 5.29. The molecule has 1 fully saturated rings. The summed E-state index contributed by atoms with van der Waals surface area (Å²) in [4.78, 5) is 2.16. The molecule has 0 unspecified atom stereocenters. The average Bonchev–Trinajstić information content (AvgIpc) is 2.40. The molecule has 1 atom stereocenters. The van der Waals surface area contributed by atoms with E-state index in [0.29, 0.717) is 5.56 Å². The first-order valence-corrected chi connectivity index (χ1v) is 6.54. The van der Waals surface area contributed by atoms with Gasteiger partial charge >= 0.3 is 0 Å². The van der Waals surface area contributed by atoms with E-state index in [4.69, 9.17) is 0 Å². The second kappa shape index (κ2) is 5.76. The van der Waals surface area contributed by atoms with Gasteiger partial charge in [0.1, 0.15) is 11.6 Å². The van der Waals surface area contributed by atoms with Gasteiger partial charge in [-0.15, -0.1) is 0 Å². The lowest BCUT2D eigenvalue weighted by Gasteiger charge is -2.35. The predicted molar refractivity (Wildman–Crippen MR) is 68.6 cm³/mol. The van der Waals surface area contributed by atoms with Gasteiger partial charge in [-0.25, -0.2) is 8.78 Å². The number of aryl methyl sites for hydroxylation is 1. The Morgan fingerprint density at radius 2 is 1.94 bits per heavy atom. The Morgan fingerprint density at radius 1 is 1.28 bits per heavy atom. The fourth-order valence-corrected chi connectivity index (χ4v) is 2.62. The van der Waals surface area contributed by atoms with Gasteiger partial charge in [-0.05, 0) is 25.0 Å². The molecule has 0 bridgehead atoms. The summed E-state index contributed by atoms with van der Waals surface area (Å²) in [5.74, 6) is -0.816. The van der Waals surface area contributed by atoms with Gasteiger partial charge in [-0.2, -0.15) is 0 Å². The summed E-state index contributed by atoms with van der Waals surface area (Å²) in [5, 5.41) is 3.26. The Bertz CT molecular complexity index is 415. The average molecular weight is 254 g/mol. The minimum absolute atomic E-state index is 0.160. The Hall–Kier alpha value is -1.00. The molecule has 0 saturated carbocycles. The van der Waals surface area contributed by atoms with Gasteiger partial charge in [0.15, 0.2) is 0 Å². The van der Waals surface area contributed by atoms with E-state index < -0.39 is 5.82 Å². The summed E-state index contributed by atoms with van der Waals surface area (Å²) in [7, 11) is 0. The van der Waals surface area contributed by atoms with Crippen LogP contribution in [0.1, 0.15) is 30.5 Å². The quantitative estimate of drug-likeness (QED) is 0.892. The van der Waals surface area contributed by atoms with E-state index in [1.54, 1.807) is 6.92 Å². The number of halogens is 2. The molecule has 0 aromatic heterocycles.